The van der Waals surface area contributed by atoms with E-state index < -0.39 is 0 Å². The Bertz CT molecular complexity index is 446. The van der Waals surface area contributed by atoms with Crippen molar-refractivity contribution >= 4 is 11.9 Å². The van der Waals surface area contributed by atoms with E-state index in [0.717, 1.165) is 18.8 Å². The fourth-order valence-corrected chi connectivity index (χ4v) is 1.80. The normalized spacial score (nSPS) is 16.8. The summed E-state index contributed by atoms with van der Waals surface area (Å²) < 4.78 is 5.05. The summed E-state index contributed by atoms with van der Waals surface area (Å²) in [6.45, 7) is 5.55. The number of nitrogens with one attached hydrogen (secondary N) is 2. The highest BCUT2D eigenvalue weighted by Gasteiger charge is 2.29. The Labute approximate surface area is 106 Å². The summed E-state index contributed by atoms with van der Waals surface area (Å²) in [5, 5.41) is 5.89. The van der Waals surface area contributed by atoms with Crippen LogP contribution in [-0.4, -0.2) is 36.1 Å². The second-order valence-corrected chi connectivity index (χ2v) is 4.57. The Balaban J connectivity index is 2.03. The van der Waals surface area contributed by atoms with E-state index >= 15 is 0 Å². The highest BCUT2D eigenvalue weighted by molar-refractivity contribution is 5.91. The van der Waals surface area contributed by atoms with Crippen molar-refractivity contribution in [1.29, 1.82) is 0 Å². The van der Waals surface area contributed by atoms with Crippen LogP contribution < -0.4 is 15.4 Å². The lowest BCUT2D eigenvalue weighted by atomic mass is 9.88. The lowest BCUT2D eigenvalue weighted by Crippen LogP contribution is -2.48. The quantitative estimate of drug-likeness (QED) is 0.818. The molecular weight excluding hydrogens is 232 g/mol. The van der Waals surface area contributed by atoms with Gasteiger partial charge in [0.2, 0.25) is 17.7 Å². The van der Waals surface area contributed by atoms with Gasteiger partial charge in [0.1, 0.15) is 0 Å². The zero-order chi connectivity index (χ0) is 13.1. The molecule has 6 nitrogen and oxygen atoms in total. The molecule has 0 saturated carbocycles. The van der Waals surface area contributed by atoms with Crippen LogP contribution in [0.2, 0.25) is 0 Å². The van der Waals surface area contributed by atoms with Crippen LogP contribution in [0.15, 0.2) is 6.07 Å². The lowest BCUT2D eigenvalue weighted by Gasteiger charge is -2.31. The number of aromatic nitrogens is 2. The first kappa shape index (κ1) is 12.8. The first-order chi connectivity index (χ1) is 8.60. The van der Waals surface area contributed by atoms with Crippen LogP contribution in [0, 0.1) is 18.8 Å². The molecule has 1 aromatic heterocycles. The van der Waals surface area contributed by atoms with Crippen LogP contribution in [0.4, 0.5) is 5.95 Å². The molecule has 1 aromatic rings. The van der Waals surface area contributed by atoms with Crippen molar-refractivity contribution < 1.29 is 9.53 Å². The monoisotopic (exact) mass is 250 g/mol. The van der Waals surface area contributed by atoms with E-state index in [9.17, 15) is 4.79 Å². The largest absolute Gasteiger partial charge is 0.481 e. The third kappa shape index (κ3) is 2.76. The highest BCUT2D eigenvalue weighted by Crippen LogP contribution is 2.18. The Morgan fingerprint density at radius 2 is 2.28 bits per heavy atom. The number of anilines is 1. The van der Waals surface area contributed by atoms with Crippen LogP contribution >= 0.6 is 0 Å². The van der Waals surface area contributed by atoms with Crippen molar-refractivity contribution in [3.63, 3.8) is 0 Å². The average Bonchev–Trinajstić information content (AvgIpc) is 2.25. The van der Waals surface area contributed by atoms with Crippen LogP contribution in [-0.2, 0) is 4.79 Å². The third-order valence-corrected chi connectivity index (χ3v) is 3.21. The maximum absolute atomic E-state index is 12.0. The SMILES string of the molecule is COc1cc(C)nc(NC(=O)C(C)C2CNC2)n1. The van der Waals surface area contributed by atoms with Crippen molar-refractivity contribution in [2.24, 2.45) is 11.8 Å². The molecule has 1 fully saturated rings. The molecule has 0 bridgehead atoms. The van der Waals surface area contributed by atoms with E-state index in [1.165, 1.54) is 7.11 Å². The first-order valence-electron chi connectivity index (χ1n) is 6.01. The first-order valence-corrected chi connectivity index (χ1v) is 6.01. The van der Waals surface area contributed by atoms with Crippen molar-refractivity contribution in [2.75, 3.05) is 25.5 Å². The van der Waals surface area contributed by atoms with Gasteiger partial charge in [-0.3, -0.25) is 10.1 Å². The lowest BCUT2D eigenvalue weighted by molar-refractivity contribution is -0.121. The van der Waals surface area contributed by atoms with E-state index in [1.54, 1.807) is 6.07 Å². The maximum atomic E-state index is 12.0. The molecule has 1 amide bonds. The molecule has 2 rings (SSSR count). The molecule has 2 heterocycles. The number of rotatable bonds is 4. The van der Waals surface area contributed by atoms with Gasteiger partial charge in [-0.1, -0.05) is 6.92 Å². The number of ether oxygens (including phenoxy) is 1. The van der Waals surface area contributed by atoms with E-state index in [4.69, 9.17) is 4.74 Å². The Hall–Kier alpha value is -1.69. The molecule has 0 radical (unpaired) electrons. The van der Waals surface area contributed by atoms with E-state index in [1.807, 2.05) is 13.8 Å². The molecule has 98 valence electrons. The fraction of sp³-hybridized carbons (Fsp3) is 0.583. The fourth-order valence-electron chi connectivity index (χ4n) is 1.80. The molecule has 1 aliphatic heterocycles. The molecule has 1 atom stereocenters. The molecule has 0 aromatic carbocycles. The second kappa shape index (κ2) is 5.30. The van der Waals surface area contributed by atoms with Crippen LogP contribution in [0.5, 0.6) is 5.88 Å². The van der Waals surface area contributed by atoms with E-state index in [-0.39, 0.29) is 11.8 Å². The molecule has 18 heavy (non-hydrogen) atoms. The summed E-state index contributed by atoms with van der Waals surface area (Å²) in [5.41, 5.74) is 0.759. The number of amides is 1. The molecule has 1 aliphatic rings. The molecule has 1 unspecified atom stereocenters. The predicted molar refractivity (Wildman–Crippen MR) is 67.5 cm³/mol. The van der Waals surface area contributed by atoms with Gasteiger partial charge in [0.25, 0.3) is 0 Å². The molecule has 0 aliphatic carbocycles. The van der Waals surface area contributed by atoms with Gasteiger partial charge >= 0.3 is 0 Å². The van der Waals surface area contributed by atoms with Gasteiger partial charge in [0.15, 0.2) is 0 Å². The van der Waals surface area contributed by atoms with Crippen molar-refractivity contribution in [3.8, 4) is 5.88 Å². The standard InChI is InChI=1S/C12H18N4O2/c1-7-4-10(18-3)15-12(14-7)16-11(17)8(2)9-5-13-6-9/h4,8-9,13H,5-6H2,1-3H3,(H,14,15,16,17). The summed E-state index contributed by atoms with van der Waals surface area (Å²) in [6.07, 6.45) is 0. The zero-order valence-corrected chi connectivity index (χ0v) is 10.9. The molecule has 0 spiro atoms. The molecule has 2 N–H and O–H groups in total. The minimum absolute atomic E-state index is 0.0404. The van der Waals surface area contributed by atoms with Crippen molar-refractivity contribution in [2.45, 2.75) is 13.8 Å². The van der Waals surface area contributed by atoms with Gasteiger partial charge in [-0.25, -0.2) is 4.98 Å². The number of nitrogens with zero attached hydrogens (tertiary/aromatic N) is 2. The molecule has 6 heteroatoms. The number of hydrogen-bond donors (Lipinski definition) is 2. The number of carbonyl (C=O) groups excluding carboxylic acids is 1. The van der Waals surface area contributed by atoms with Gasteiger partial charge in [-0.05, 0) is 25.9 Å². The topological polar surface area (TPSA) is 76.1 Å². The summed E-state index contributed by atoms with van der Waals surface area (Å²) in [4.78, 5) is 20.3. The summed E-state index contributed by atoms with van der Waals surface area (Å²) >= 11 is 0. The smallest absolute Gasteiger partial charge is 0.232 e. The highest BCUT2D eigenvalue weighted by atomic mass is 16.5. The maximum Gasteiger partial charge on any atom is 0.232 e. The minimum Gasteiger partial charge on any atom is -0.481 e. The molecular formula is C12H18N4O2. The van der Waals surface area contributed by atoms with Crippen LogP contribution in [0.1, 0.15) is 12.6 Å². The molecule has 1 saturated heterocycles. The Kier molecular flexibility index (Phi) is 3.76. The van der Waals surface area contributed by atoms with Crippen LogP contribution in [0.3, 0.4) is 0 Å². The van der Waals surface area contributed by atoms with Gasteiger partial charge in [-0.2, -0.15) is 4.98 Å². The van der Waals surface area contributed by atoms with Gasteiger partial charge in [0, 0.05) is 17.7 Å². The zero-order valence-electron chi connectivity index (χ0n) is 10.9. The summed E-state index contributed by atoms with van der Waals surface area (Å²) in [5.74, 6) is 1.07. The summed E-state index contributed by atoms with van der Waals surface area (Å²) in [7, 11) is 1.54. The second-order valence-electron chi connectivity index (χ2n) is 4.57. The number of aryl methyl sites for hydroxylation is 1. The Morgan fingerprint density at radius 3 is 2.83 bits per heavy atom. The van der Waals surface area contributed by atoms with Crippen molar-refractivity contribution in [1.82, 2.24) is 15.3 Å². The summed E-state index contributed by atoms with van der Waals surface area (Å²) in [6, 6.07) is 1.72. The van der Waals surface area contributed by atoms with Crippen LogP contribution in [0.25, 0.3) is 0 Å². The third-order valence-electron chi connectivity index (χ3n) is 3.21. The minimum atomic E-state index is -0.0471. The average molecular weight is 250 g/mol. The predicted octanol–water partition coefficient (Wildman–Crippen LogP) is 0.588. The number of hydrogen-bond acceptors (Lipinski definition) is 5. The van der Waals surface area contributed by atoms with E-state index in [2.05, 4.69) is 20.6 Å². The number of methoxy groups -OCH3 is 1. The van der Waals surface area contributed by atoms with Gasteiger partial charge in [-0.15, -0.1) is 0 Å². The van der Waals surface area contributed by atoms with Gasteiger partial charge in [0.05, 0.1) is 7.11 Å². The van der Waals surface area contributed by atoms with Gasteiger partial charge < -0.3 is 10.1 Å². The van der Waals surface area contributed by atoms with E-state index in [0.29, 0.717) is 17.7 Å². The number of carbonyl (C=O) groups is 1. The Morgan fingerprint density at radius 1 is 1.56 bits per heavy atom. The van der Waals surface area contributed by atoms with Crippen molar-refractivity contribution in [3.05, 3.63) is 11.8 Å².